The van der Waals surface area contributed by atoms with Crippen LogP contribution < -0.4 is 10.2 Å². The highest BCUT2D eigenvalue weighted by Crippen LogP contribution is 2.21. The van der Waals surface area contributed by atoms with Crippen LogP contribution in [0.5, 0.6) is 0 Å². The molecule has 1 fully saturated rings. The number of rotatable bonds is 6. The van der Waals surface area contributed by atoms with Crippen molar-refractivity contribution in [3.05, 3.63) is 76.5 Å². The summed E-state index contributed by atoms with van der Waals surface area (Å²) in [7, 11) is 0. The molecule has 0 spiro atoms. The predicted octanol–water partition coefficient (Wildman–Crippen LogP) is 1.58. The molecule has 0 bridgehead atoms. The molecule has 3 aromatic rings. The number of non-ortho nitro benzene ring substituents is 1. The van der Waals surface area contributed by atoms with Crippen molar-refractivity contribution in [3.8, 4) is 0 Å². The van der Waals surface area contributed by atoms with Crippen LogP contribution in [-0.4, -0.2) is 70.6 Å². The minimum absolute atomic E-state index is 0.0231. The van der Waals surface area contributed by atoms with E-state index in [0.29, 0.717) is 31.7 Å². The van der Waals surface area contributed by atoms with Crippen molar-refractivity contribution >= 4 is 34.1 Å². The highest BCUT2D eigenvalue weighted by Gasteiger charge is 2.29. The van der Waals surface area contributed by atoms with E-state index >= 15 is 0 Å². The third-order valence-electron chi connectivity index (χ3n) is 5.63. The number of nitrogens with zero attached hydrogens (tertiary/aromatic N) is 4. The molecule has 170 valence electrons. The molecule has 4 rings (SSSR count). The molecule has 2 N–H and O–H groups in total. The fourth-order valence-corrected chi connectivity index (χ4v) is 3.80. The molecule has 2 aromatic carbocycles. The van der Waals surface area contributed by atoms with Gasteiger partial charge >= 0.3 is 0 Å². The number of fused-ring (bicyclic) bond motifs is 1. The summed E-state index contributed by atoms with van der Waals surface area (Å²) in [5.74, 6) is -0.896. The Morgan fingerprint density at radius 3 is 2.39 bits per heavy atom. The van der Waals surface area contributed by atoms with Crippen LogP contribution in [0.4, 0.5) is 11.4 Å². The summed E-state index contributed by atoms with van der Waals surface area (Å²) in [4.78, 5) is 43.9. The number of piperazine rings is 1. The summed E-state index contributed by atoms with van der Waals surface area (Å²) in [6, 6.07) is 16.0. The van der Waals surface area contributed by atoms with Crippen LogP contribution >= 0.6 is 0 Å². The topological polar surface area (TPSA) is 129 Å². The zero-order chi connectivity index (χ0) is 23.4. The number of nitro benzene ring substituents is 1. The van der Waals surface area contributed by atoms with Crippen molar-refractivity contribution in [1.29, 1.82) is 0 Å². The van der Waals surface area contributed by atoms with Crippen LogP contribution in [0.2, 0.25) is 0 Å². The van der Waals surface area contributed by atoms with Gasteiger partial charge in [-0.2, -0.15) is 0 Å². The number of nitrogens with one attached hydrogen (secondary N) is 1. The zero-order valence-electron chi connectivity index (χ0n) is 17.8. The number of nitro groups is 1. The lowest BCUT2D eigenvalue weighted by Crippen LogP contribution is -2.56. The monoisotopic (exact) mass is 449 g/mol. The summed E-state index contributed by atoms with van der Waals surface area (Å²) in [6.07, 6.45) is 0. The van der Waals surface area contributed by atoms with Gasteiger partial charge in [0.2, 0.25) is 5.91 Å². The molecule has 1 aromatic heterocycles. The smallest absolute Gasteiger partial charge is 0.270 e. The molecule has 0 saturated carbocycles. The number of aromatic nitrogens is 1. The van der Waals surface area contributed by atoms with Gasteiger partial charge in [0, 0.05) is 49.4 Å². The second-order valence-electron chi connectivity index (χ2n) is 7.68. The van der Waals surface area contributed by atoms with Crippen molar-refractivity contribution in [2.24, 2.45) is 0 Å². The summed E-state index contributed by atoms with van der Waals surface area (Å²) in [5.41, 5.74) is 1.69. The number of hydrogen-bond donors (Lipinski definition) is 2. The van der Waals surface area contributed by atoms with Gasteiger partial charge in [0.1, 0.15) is 11.7 Å². The lowest BCUT2D eigenvalue weighted by molar-refractivity contribution is -0.384. The van der Waals surface area contributed by atoms with Crippen LogP contribution in [0.1, 0.15) is 10.5 Å². The first-order valence-corrected chi connectivity index (χ1v) is 10.5. The zero-order valence-corrected chi connectivity index (χ0v) is 17.8. The quantitative estimate of drug-likeness (QED) is 0.432. The predicted molar refractivity (Wildman–Crippen MR) is 122 cm³/mol. The highest BCUT2D eigenvalue weighted by atomic mass is 16.6. The van der Waals surface area contributed by atoms with E-state index in [1.165, 1.54) is 12.1 Å². The first kappa shape index (κ1) is 22.2. The minimum Gasteiger partial charge on any atom is -0.394 e. The number of benzene rings is 2. The SMILES string of the molecule is O=C(N[C@@H](CO)C(=O)N1CCN(c2ccc([N+](=O)[O-])cc2)CC1)c1ccc2ccccc2n1. The summed E-state index contributed by atoms with van der Waals surface area (Å²) in [6.45, 7) is 1.33. The van der Waals surface area contributed by atoms with Gasteiger partial charge in [0.05, 0.1) is 17.0 Å². The van der Waals surface area contributed by atoms with E-state index in [1.54, 1.807) is 35.2 Å². The fourth-order valence-electron chi connectivity index (χ4n) is 3.80. The lowest BCUT2D eigenvalue weighted by Gasteiger charge is -2.37. The van der Waals surface area contributed by atoms with Crippen molar-refractivity contribution in [2.75, 3.05) is 37.7 Å². The first-order chi connectivity index (χ1) is 16.0. The largest absolute Gasteiger partial charge is 0.394 e. The Balaban J connectivity index is 1.36. The highest BCUT2D eigenvalue weighted by molar-refractivity contribution is 5.97. The maximum atomic E-state index is 12.9. The van der Waals surface area contributed by atoms with Gasteiger partial charge in [-0.25, -0.2) is 4.98 Å². The molecule has 2 amide bonds. The van der Waals surface area contributed by atoms with E-state index in [0.717, 1.165) is 11.1 Å². The number of carbonyl (C=O) groups is 2. The number of amides is 2. The Hall–Kier alpha value is -4.05. The van der Waals surface area contributed by atoms with E-state index in [-0.39, 0.29) is 17.3 Å². The Bertz CT molecular complexity index is 1180. The van der Waals surface area contributed by atoms with Crippen molar-refractivity contribution in [1.82, 2.24) is 15.2 Å². The normalized spacial score (nSPS) is 14.7. The molecule has 0 unspecified atom stereocenters. The number of anilines is 1. The average molecular weight is 449 g/mol. The Morgan fingerprint density at radius 2 is 1.73 bits per heavy atom. The van der Waals surface area contributed by atoms with Crippen molar-refractivity contribution in [3.63, 3.8) is 0 Å². The van der Waals surface area contributed by atoms with Gasteiger partial charge in [0.25, 0.3) is 11.6 Å². The third kappa shape index (κ3) is 4.90. The van der Waals surface area contributed by atoms with Gasteiger partial charge in [0.15, 0.2) is 0 Å². The van der Waals surface area contributed by atoms with Gasteiger partial charge in [-0.05, 0) is 24.3 Å². The molecule has 2 heterocycles. The minimum atomic E-state index is -1.07. The summed E-state index contributed by atoms with van der Waals surface area (Å²) < 4.78 is 0. The molecule has 10 nitrogen and oxygen atoms in total. The molecular formula is C23H23N5O5. The number of carbonyl (C=O) groups excluding carboxylic acids is 2. The standard InChI is InChI=1S/C23H23N5O5/c29-15-21(25-22(30)20-10-5-16-3-1-2-4-19(16)24-20)23(31)27-13-11-26(12-14-27)17-6-8-18(9-7-17)28(32)33/h1-10,21,29H,11-15H2,(H,25,30)/t21-/m0/s1. The molecule has 10 heteroatoms. The maximum Gasteiger partial charge on any atom is 0.270 e. The Labute approximate surface area is 189 Å². The van der Waals surface area contributed by atoms with E-state index < -0.39 is 23.5 Å². The number of para-hydroxylation sites is 1. The second-order valence-corrected chi connectivity index (χ2v) is 7.68. The van der Waals surface area contributed by atoms with Crippen molar-refractivity contribution in [2.45, 2.75) is 6.04 Å². The van der Waals surface area contributed by atoms with Gasteiger partial charge < -0.3 is 20.2 Å². The molecule has 1 saturated heterocycles. The molecule has 1 atom stereocenters. The summed E-state index contributed by atoms with van der Waals surface area (Å²) >= 11 is 0. The van der Waals surface area contributed by atoms with Crippen LogP contribution in [0.25, 0.3) is 10.9 Å². The van der Waals surface area contributed by atoms with Crippen LogP contribution in [0.3, 0.4) is 0 Å². The molecule has 1 aliphatic rings. The molecule has 0 radical (unpaired) electrons. The molecular weight excluding hydrogens is 426 g/mol. The van der Waals surface area contributed by atoms with E-state index in [2.05, 4.69) is 10.3 Å². The van der Waals surface area contributed by atoms with E-state index in [1.807, 2.05) is 23.1 Å². The van der Waals surface area contributed by atoms with Gasteiger partial charge in [-0.15, -0.1) is 0 Å². The van der Waals surface area contributed by atoms with Crippen LogP contribution in [-0.2, 0) is 4.79 Å². The maximum absolute atomic E-state index is 12.9. The average Bonchev–Trinajstić information content (AvgIpc) is 2.86. The van der Waals surface area contributed by atoms with Crippen LogP contribution in [0.15, 0.2) is 60.7 Å². The van der Waals surface area contributed by atoms with Gasteiger partial charge in [-0.1, -0.05) is 24.3 Å². The van der Waals surface area contributed by atoms with E-state index in [4.69, 9.17) is 0 Å². The molecule has 33 heavy (non-hydrogen) atoms. The van der Waals surface area contributed by atoms with Gasteiger partial charge in [-0.3, -0.25) is 19.7 Å². The first-order valence-electron chi connectivity index (χ1n) is 10.5. The number of pyridine rings is 1. The Kier molecular flexibility index (Phi) is 6.45. The molecule has 0 aliphatic carbocycles. The number of hydrogen-bond acceptors (Lipinski definition) is 7. The third-order valence-corrected chi connectivity index (χ3v) is 5.63. The van der Waals surface area contributed by atoms with Crippen LogP contribution in [0, 0.1) is 10.1 Å². The second kappa shape index (κ2) is 9.61. The Morgan fingerprint density at radius 1 is 1.03 bits per heavy atom. The fraction of sp³-hybridized carbons (Fsp3) is 0.261. The summed E-state index contributed by atoms with van der Waals surface area (Å²) in [5, 5.41) is 24.0. The van der Waals surface area contributed by atoms with E-state index in [9.17, 15) is 24.8 Å². The van der Waals surface area contributed by atoms with Crippen molar-refractivity contribution < 1.29 is 19.6 Å². The lowest BCUT2D eigenvalue weighted by atomic mass is 10.1. The molecule has 1 aliphatic heterocycles. The number of aliphatic hydroxyl groups is 1. The number of aliphatic hydroxyl groups excluding tert-OH is 1.